The van der Waals surface area contributed by atoms with E-state index in [9.17, 15) is 28.7 Å². The summed E-state index contributed by atoms with van der Waals surface area (Å²) < 4.78 is 25.1. The summed E-state index contributed by atoms with van der Waals surface area (Å²) in [5.74, 6) is -5.51. The van der Waals surface area contributed by atoms with Crippen molar-refractivity contribution < 1.29 is 38.1 Å². The highest BCUT2D eigenvalue weighted by molar-refractivity contribution is 6.31. The number of carbonyl (C=O) groups excluding carboxylic acids is 4. The van der Waals surface area contributed by atoms with Crippen molar-refractivity contribution in [1.29, 1.82) is 0 Å². The summed E-state index contributed by atoms with van der Waals surface area (Å²) in [6.07, 6.45) is 2.95. The Morgan fingerprint density at radius 3 is 2.44 bits per heavy atom. The first-order valence-electron chi connectivity index (χ1n) is 14.3. The van der Waals surface area contributed by atoms with Crippen LogP contribution in [-0.4, -0.2) is 54.4 Å². The van der Waals surface area contributed by atoms with Gasteiger partial charge in [0.15, 0.2) is 0 Å². The van der Waals surface area contributed by atoms with Gasteiger partial charge in [0, 0.05) is 30.2 Å². The van der Waals surface area contributed by atoms with Crippen LogP contribution in [0.1, 0.15) is 44.6 Å². The number of phenolic OH excluding ortho intramolecular Hbond substituents is 1. The number of aromatic hydroxyl groups is 1. The van der Waals surface area contributed by atoms with Gasteiger partial charge in [-0.3, -0.25) is 24.1 Å². The van der Waals surface area contributed by atoms with E-state index in [0.717, 1.165) is 11.0 Å². The summed E-state index contributed by atoms with van der Waals surface area (Å²) in [7, 11) is 2.88. The number of phenols is 1. The summed E-state index contributed by atoms with van der Waals surface area (Å²) in [6, 6.07) is 6.66. The molecule has 1 N–H and O–H groups in total. The van der Waals surface area contributed by atoms with Gasteiger partial charge in [0.25, 0.3) is 0 Å². The number of anilines is 1. The van der Waals surface area contributed by atoms with E-state index in [0.29, 0.717) is 24.3 Å². The second-order valence-corrected chi connectivity index (χ2v) is 12.3. The topological polar surface area (TPSA) is 113 Å². The van der Waals surface area contributed by atoms with Crippen molar-refractivity contribution in [3.05, 3.63) is 58.4 Å². The Labute approximate surface area is 253 Å². The van der Waals surface area contributed by atoms with Gasteiger partial charge in [-0.25, -0.2) is 9.29 Å². The lowest BCUT2D eigenvalue weighted by atomic mass is 9.51. The quantitative estimate of drug-likeness (QED) is 0.368. The summed E-state index contributed by atoms with van der Waals surface area (Å²) >= 11 is 6.05. The molecular weight excluding hydrogens is 579 g/mol. The minimum Gasteiger partial charge on any atom is -0.507 e. The second kappa shape index (κ2) is 10.4. The predicted molar refractivity (Wildman–Crippen MR) is 154 cm³/mol. The molecule has 2 heterocycles. The number of hydrogen-bond acceptors (Lipinski definition) is 7. The lowest BCUT2D eigenvalue weighted by molar-refractivity contribution is -0.140. The predicted octanol–water partition coefficient (Wildman–Crippen LogP) is 4.84. The number of amides is 4. The highest BCUT2D eigenvalue weighted by Crippen LogP contribution is 2.65. The summed E-state index contributed by atoms with van der Waals surface area (Å²) in [5.41, 5.74) is -0.315. The molecule has 2 aromatic carbocycles. The molecule has 3 fully saturated rings. The third kappa shape index (κ3) is 4.02. The van der Waals surface area contributed by atoms with Gasteiger partial charge in [0.1, 0.15) is 23.1 Å². The van der Waals surface area contributed by atoms with Crippen LogP contribution < -0.4 is 14.4 Å². The monoisotopic (exact) mass is 610 g/mol. The molecule has 6 unspecified atom stereocenters. The van der Waals surface area contributed by atoms with Crippen molar-refractivity contribution in [3.63, 3.8) is 0 Å². The van der Waals surface area contributed by atoms with E-state index < -0.39 is 52.6 Å². The smallest absolute Gasteiger partial charge is 0.241 e. The first-order chi connectivity index (χ1) is 20.5. The summed E-state index contributed by atoms with van der Waals surface area (Å²) in [4.78, 5) is 58.2. The van der Waals surface area contributed by atoms with Gasteiger partial charge in [-0.1, -0.05) is 30.2 Å². The van der Waals surface area contributed by atoms with Crippen LogP contribution >= 0.6 is 11.6 Å². The SMILES string of the molecule is CCCN1C(=O)C2CC=C3C(CC4C(=O)N(c5ccc(F)c(Cl)c5)C(=O)C4(C)C3c3c(O)cc(OC)cc3OC)C2C1=O. The fourth-order valence-electron chi connectivity index (χ4n) is 7.87. The first-order valence-corrected chi connectivity index (χ1v) is 14.7. The van der Waals surface area contributed by atoms with Crippen LogP contribution in [0.4, 0.5) is 10.1 Å². The maximum atomic E-state index is 14.5. The molecule has 0 aromatic heterocycles. The van der Waals surface area contributed by atoms with Crippen molar-refractivity contribution in [2.24, 2.45) is 29.1 Å². The molecule has 0 spiro atoms. The Bertz CT molecular complexity index is 1610. The molecule has 6 atom stereocenters. The molecule has 11 heteroatoms. The Kier molecular flexibility index (Phi) is 7.03. The number of benzene rings is 2. The lowest BCUT2D eigenvalue weighted by Gasteiger charge is -2.49. The van der Waals surface area contributed by atoms with Crippen LogP contribution in [-0.2, 0) is 19.2 Å². The molecule has 2 aliphatic heterocycles. The molecule has 2 aliphatic carbocycles. The molecule has 9 nitrogen and oxygen atoms in total. The van der Waals surface area contributed by atoms with E-state index >= 15 is 0 Å². The number of ether oxygens (including phenoxy) is 2. The lowest BCUT2D eigenvalue weighted by Crippen LogP contribution is -2.49. The molecule has 4 aliphatic rings. The van der Waals surface area contributed by atoms with Crippen molar-refractivity contribution in [2.75, 3.05) is 25.7 Å². The van der Waals surface area contributed by atoms with Crippen molar-refractivity contribution in [2.45, 2.75) is 39.0 Å². The number of fused-ring (bicyclic) bond motifs is 4. The number of methoxy groups -OCH3 is 2. The number of likely N-dealkylation sites (tertiary alicyclic amines) is 1. The fraction of sp³-hybridized carbons (Fsp3) is 0.438. The average Bonchev–Trinajstić information content (AvgIpc) is 3.34. The van der Waals surface area contributed by atoms with Crippen LogP contribution in [0.3, 0.4) is 0 Å². The van der Waals surface area contributed by atoms with Gasteiger partial charge in [-0.05, 0) is 50.3 Å². The molecule has 2 aromatic rings. The highest BCUT2D eigenvalue weighted by Gasteiger charge is 2.68. The molecule has 2 saturated heterocycles. The largest absolute Gasteiger partial charge is 0.507 e. The van der Waals surface area contributed by atoms with Crippen LogP contribution in [0.25, 0.3) is 0 Å². The number of halogens is 2. The minimum absolute atomic E-state index is 0.123. The second-order valence-electron chi connectivity index (χ2n) is 11.9. The number of hydrogen-bond donors (Lipinski definition) is 1. The van der Waals surface area contributed by atoms with E-state index in [4.69, 9.17) is 21.1 Å². The molecule has 1 saturated carbocycles. The maximum Gasteiger partial charge on any atom is 0.241 e. The van der Waals surface area contributed by atoms with Gasteiger partial charge in [0.05, 0.1) is 48.1 Å². The Balaban J connectivity index is 1.57. The maximum absolute atomic E-state index is 14.5. The number of imide groups is 2. The average molecular weight is 611 g/mol. The van der Waals surface area contributed by atoms with Gasteiger partial charge in [0.2, 0.25) is 23.6 Å². The van der Waals surface area contributed by atoms with Gasteiger partial charge in [-0.2, -0.15) is 0 Å². The molecule has 43 heavy (non-hydrogen) atoms. The van der Waals surface area contributed by atoms with E-state index in [1.807, 2.05) is 13.0 Å². The minimum atomic E-state index is -1.43. The van der Waals surface area contributed by atoms with Crippen LogP contribution in [0.2, 0.25) is 5.02 Å². The standard InChI is InChI=1S/C32H32ClFN2O7/c1-5-10-35-28(38)18-8-7-17-19(25(18)30(35)40)14-20-29(39)36(15-6-9-22(34)21(33)11-15)31(41)32(20,2)27(17)26-23(37)12-16(42-3)13-24(26)43-4/h6-7,9,11-13,18-20,25,27,37H,5,8,10,14H2,1-4H3. The summed E-state index contributed by atoms with van der Waals surface area (Å²) in [6.45, 7) is 3.89. The molecular formula is C32H32ClFN2O7. The van der Waals surface area contributed by atoms with E-state index in [2.05, 4.69) is 0 Å². The van der Waals surface area contributed by atoms with Crippen LogP contribution in [0.15, 0.2) is 42.0 Å². The number of allylic oxidation sites excluding steroid dienone is 2. The van der Waals surface area contributed by atoms with E-state index in [-0.39, 0.29) is 52.4 Å². The Hall–Kier alpha value is -3.92. The number of nitrogens with zero attached hydrogens (tertiary/aromatic N) is 2. The van der Waals surface area contributed by atoms with Crippen LogP contribution in [0, 0.1) is 34.9 Å². The highest BCUT2D eigenvalue weighted by atomic mass is 35.5. The van der Waals surface area contributed by atoms with Gasteiger partial charge in [-0.15, -0.1) is 0 Å². The van der Waals surface area contributed by atoms with E-state index in [1.54, 1.807) is 13.0 Å². The number of rotatable bonds is 6. The summed E-state index contributed by atoms with van der Waals surface area (Å²) in [5, 5.41) is 11.2. The Morgan fingerprint density at radius 2 is 1.79 bits per heavy atom. The third-order valence-corrected chi connectivity index (χ3v) is 10.1. The first kappa shape index (κ1) is 29.2. The zero-order chi connectivity index (χ0) is 31.0. The molecule has 226 valence electrons. The van der Waals surface area contributed by atoms with Gasteiger partial charge < -0.3 is 14.6 Å². The fourth-order valence-corrected chi connectivity index (χ4v) is 8.04. The zero-order valence-corrected chi connectivity index (χ0v) is 25.0. The van der Waals surface area contributed by atoms with Crippen LogP contribution in [0.5, 0.6) is 17.2 Å². The molecule has 0 bridgehead atoms. The normalized spacial score (nSPS) is 29.8. The molecule has 0 radical (unpaired) electrons. The molecule has 4 amide bonds. The number of carbonyl (C=O) groups is 4. The Morgan fingerprint density at radius 1 is 1.05 bits per heavy atom. The third-order valence-electron chi connectivity index (χ3n) is 9.81. The van der Waals surface area contributed by atoms with Gasteiger partial charge >= 0.3 is 0 Å². The van der Waals surface area contributed by atoms with Crippen molar-refractivity contribution in [3.8, 4) is 17.2 Å². The molecule has 6 rings (SSSR count). The van der Waals surface area contributed by atoms with Crippen molar-refractivity contribution in [1.82, 2.24) is 4.90 Å². The van der Waals surface area contributed by atoms with E-state index in [1.165, 1.54) is 37.3 Å². The zero-order valence-electron chi connectivity index (χ0n) is 24.2. The van der Waals surface area contributed by atoms with Crippen molar-refractivity contribution >= 4 is 40.9 Å².